The Hall–Kier alpha value is -0.440. The lowest BCUT2D eigenvalue weighted by Gasteiger charge is -2.04. The van der Waals surface area contributed by atoms with E-state index in [1.807, 2.05) is 12.2 Å². The molecular formula is C6H11NOS. The molecule has 0 spiro atoms. The van der Waals surface area contributed by atoms with Crippen LogP contribution in [0.25, 0.3) is 0 Å². The van der Waals surface area contributed by atoms with Crippen molar-refractivity contribution < 1.29 is 4.79 Å². The average Bonchev–Trinajstić information content (AvgIpc) is 1.89. The van der Waals surface area contributed by atoms with Crippen LogP contribution in [0.15, 0.2) is 12.2 Å². The summed E-state index contributed by atoms with van der Waals surface area (Å²) in [4.78, 5) is 11.5. The highest BCUT2D eigenvalue weighted by atomic mass is 32.1. The van der Waals surface area contributed by atoms with Gasteiger partial charge in [-0.2, -0.15) is 12.6 Å². The Kier molecular flexibility index (Phi) is 5.41. The predicted octanol–water partition coefficient (Wildman–Crippen LogP) is 0.561. The summed E-state index contributed by atoms with van der Waals surface area (Å²) < 4.78 is 0. The van der Waals surface area contributed by atoms with E-state index >= 15 is 0 Å². The van der Waals surface area contributed by atoms with Crippen LogP contribution in [-0.4, -0.2) is 30.7 Å². The maximum atomic E-state index is 9.97. The number of nitrogens with zero attached hydrogens (tertiary/aromatic N) is 1. The number of carbonyl (C=O) groups excluding carboxylic acids is 1. The third-order valence-corrected chi connectivity index (χ3v) is 1.06. The van der Waals surface area contributed by atoms with Crippen LogP contribution in [0.3, 0.4) is 0 Å². The minimum absolute atomic E-state index is 0.671. The van der Waals surface area contributed by atoms with E-state index in [9.17, 15) is 4.79 Å². The van der Waals surface area contributed by atoms with E-state index in [4.69, 9.17) is 0 Å². The fourth-order valence-corrected chi connectivity index (χ4v) is 0.507. The van der Waals surface area contributed by atoms with Gasteiger partial charge in [0.2, 0.25) is 6.41 Å². The van der Waals surface area contributed by atoms with E-state index in [1.54, 1.807) is 11.9 Å². The molecule has 0 unspecified atom stereocenters. The van der Waals surface area contributed by atoms with E-state index in [0.29, 0.717) is 6.54 Å². The van der Waals surface area contributed by atoms with Crippen molar-refractivity contribution in [2.24, 2.45) is 0 Å². The molecule has 2 nitrogen and oxygen atoms in total. The lowest BCUT2D eigenvalue weighted by Crippen LogP contribution is -2.14. The van der Waals surface area contributed by atoms with Gasteiger partial charge in [0.25, 0.3) is 0 Å². The van der Waals surface area contributed by atoms with Gasteiger partial charge in [-0.25, -0.2) is 0 Å². The van der Waals surface area contributed by atoms with Crippen LogP contribution in [0.4, 0.5) is 0 Å². The molecule has 0 N–H and O–H groups in total. The van der Waals surface area contributed by atoms with E-state index in [2.05, 4.69) is 12.6 Å². The topological polar surface area (TPSA) is 20.3 Å². The highest BCUT2D eigenvalue weighted by Gasteiger charge is 1.83. The van der Waals surface area contributed by atoms with Crippen LogP contribution >= 0.6 is 12.6 Å². The first-order valence-corrected chi connectivity index (χ1v) is 3.36. The molecule has 0 heterocycles. The Labute approximate surface area is 61.0 Å². The summed E-state index contributed by atoms with van der Waals surface area (Å²) in [5.41, 5.74) is 0. The van der Waals surface area contributed by atoms with Gasteiger partial charge >= 0.3 is 0 Å². The zero-order valence-corrected chi connectivity index (χ0v) is 6.34. The number of likely N-dealkylation sites (N-methyl/N-ethyl adjacent to an activating group) is 1. The number of carbonyl (C=O) groups is 1. The Bertz CT molecular complexity index is 103. The number of hydrogen-bond donors (Lipinski definition) is 1. The molecule has 0 aromatic carbocycles. The van der Waals surface area contributed by atoms with Crippen molar-refractivity contribution in [3.8, 4) is 0 Å². The molecule has 0 aromatic heterocycles. The fraction of sp³-hybridized carbons (Fsp3) is 0.500. The molecule has 0 radical (unpaired) electrons. The first-order chi connectivity index (χ1) is 4.31. The largest absolute Gasteiger partial charge is 0.345 e. The molecule has 0 bridgehead atoms. The maximum Gasteiger partial charge on any atom is 0.209 e. The number of rotatable bonds is 4. The van der Waals surface area contributed by atoms with Crippen molar-refractivity contribution >= 4 is 19.0 Å². The van der Waals surface area contributed by atoms with Crippen molar-refractivity contribution in [2.75, 3.05) is 19.3 Å². The molecule has 0 saturated heterocycles. The normalized spacial score (nSPS) is 10.0. The van der Waals surface area contributed by atoms with Gasteiger partial charge in [-0.15, -0.1) is 0 Å². The summed E-state index contributed by atoms with van der Waals surface area (Å²) in [6, 6.07) is 0. The molecule has 3 heteroatoms. The second-order valence-electron chi connectivity index (χ2n) is 1.70. The Morgan fingerprint density at radius 1 is 1.56 bits per heavy atom. The van der Waals surface area contributed by atoms with Crippen molar-refractivity contribution in [1.29, 1.82) is 0 Å². The van der Waals surface area contributed by atoms with Gasteiger partial charge in [0.1, 0.15) is 0 Å². The highest BCUT2D eigenvalue weighted by molar-refractivity contribution is 7.80. The van der Waals surface area contributed by atoms with Gasteiger partial charge in [0.15, 0.2) is 0 Å². The molecular weight excluding hydrogens is 134 g/mol. The quantitative estimate of drug-likeness (QED) is 0.348. The van der Waals surface area contributed by atoms with Crippen LogP contribution < -0.4 is 0 Å². The SMILES string of the molecule is CN(C=O)C/C=C\CS. The van der Waals surface area contributed by atoms with Crippen molar-refractivity contribution in [3.63, 3.8) is 0 Å². The Balaban J connectivity index is 3.25. The number of amides is 1. The summed E-state index contributed by atoms with van der Waals surface area (Å²) in [5.74, 6) is 0.729. The first-order valence-electron chi connectivity index (χ1n) is 2.72. The summed E-state index contributed by atoms with van der Waals surface area (Å²) in [7, 11) is 1.73. The van der Waals surface area contributed by atoms with Crippen LogP contribution in [0.5, 0.6) is 0 Å². The lowest BCUT2D eigenvalue weighted by atomic mass is 10.5. The van der Waals surface area contributed by atoms with Gasteiger partial charge in [-0.05, 0) is 0 Å². The van der Waals surface area contributed by atoms with Crippen LogP contribution in [0.2, 0.25) is 0 Å². The molecule has 0 atom stereocenters. The molecule has 1 amide bonds. The van der Waals surface area contributed by atoms with E-state index in [-0.39, 0.29) is 0 Å². The standard InChI is InChI=1S/C6H11NOS/c1-7(6-8)4-2-3-5-9/h2-3,6,9H,4-5H2,1H3/b3-2-. The summed E-state index contributed by atoms with van der Waals surface area (Å²) >= 11 is 3.96. The zero-order valence-electron chi connectivity index (χ0n) is 5.45. The molecule has 0 aliphatic carbocycles. The van der Waals surface area contributed by atoms with Gasteiger partial charge in [-0.1, -0.05) is 12.2 Å². The van der Waals surface area contributed by atoms with Gasteiger partial charge in [0, 0.05) is 19.3 Å². The minimum atomic E-state index is 0.671. The third kappa shape index (κ3) is 5.43. The third-order valence-electron chi connectivity index (χ3n) is 0.845. The molecule has 0 aliphatic heterocycles. The molecule has 0 aliphatic rings. The first kappa shape index (κ1) is 8.56. The molecule has 0 aromatic rings. The fourth-order valence-electron chi connectivity index (χ4n) is 0.358. The van der Waals surface area contributed by atoms with E-state index in [1.165, 1.54) is 0 Å². The van der Waals surface area contributed by atoms with Crippen LogP contribution in [0, 0.1) is 0 Å². The average molecular weight is 145 g/mol. The van der Waals surface area contributed by atoms with E-state index < -0.39 is 0 Å². The monoisotopic (exact) mass is 145 g/mol. The van der Waals surface area contributed by atoms with Crippen molar-refractivity contribution in [1.82, 2.24) is 4.90 Å². The van der Waals surface area contributed by atoms with Gasteiger partial charge in [-0.3, -0.25) is 4.79 Å². The lowest BCUT2D eigenvalue weighted by molar-refractivity contribution is -0.116. The number of thiol groups is 1. The van der Waals surface area contributed by atoms with Crippen molar-refractivity contribution in [2.45, 2.75) is 0 Å². The summed E-state index contributed by atoms with van der Waals surface area (Å²) in [6.07, 6.45) is 4.60. The smallest absolute Gasteiger partial charge is 0.209 e. The van der Waals surface area contributed by atoms with Gasteiger partial charge < -0.3 is 4.90 Å². The number of hydrogen-bond acceptors (Lipinski definition) is 2. The van der Waals surface area contributed by atoms with E-state index in [0.717, 1.165) is 12.2 Å². The Morgan fingerprint density at radius 2 is 2.22 bits per heavy atom. The summed E-state index contributed by atoms with van der Waals surface area (Å²) in [5, 5.41) is 0. The molecule has 9 heavy (non-hydrogen) atoms. The predicted molar refractivity (Wildman–Crippen MR) is 41.7 cm³/mol. The van der Waals surface area contributed by atoms with Crippen molar-refractivity contribution in [3.05, 3.63) is 12.2 Å². The molecule has 52 valence electrons. The minimum Gasteiger partial charge on any atom is -0.345 e. The second-order valence-corrected chi connectivity index (χ2v) is 2.06. The zero-order chi connectivity index (χ0) is 7.11. The maximum absolute atomic E-state index is 9.97. The molecule has 0 rings (SSSR count). The Morgan fingerprint density at radius 3 is 2.67 bits per heavy atom. The second kappa shape index (κ2) is 5.69. The summed E-state index contributed by atoms with van der Waals surface area (Å²) in [6.45, 7) is 0.671. The molecule has 0 fully saturated rings. The highest BCUT2D eigenvalue weighted by Crippen LogP contribution is 1.79. The van der Waals surface area contributed by atoms with Crippen LogP contribution in [0.1, 0.15) is 0 Å². The molecule has 0 saturated carbocycles. The van der Waals surface area contributed by atoms with Gasteiger partial charge in [0.05, 0.1) is 0 Å². The van der Waals surface area contributed by atoms with Crippen LogP contribution in [-0.2, 0) is 4.79 Å².